The van der Waals surface area contributed by atoms with Crippen LogP contribution >= 0.6 is 0 Å². The summed E-state index contributed by atoms with van der Waals surface area (Å²) >= 11 is 0. The number of likely N-dealkylation sites (tertiary alicyclic amines) is 2. The van der Waals surface area contributed by atoms with Crippen molar-refractivity contribution >= 4 is 11.8 Å². The van der Waals surface area contributed by atoms with Crippen LogP contribution in [0.1, 0.15) is 40.0 Å². The van der Waals surface area contributed by atoms with E-state index in [1.54, 1.807) is 6.92 Å². The summed E-state index contributed by atoms with van der Waals surface area (Å²) in [5.41, 5.74) is 0. The Morgan fingerprint density at radius 1 is 1.11 bits per heavy atom. The summed E-state index contributed by atoms with van der Waals surface area (Å²) in [4.78, 5) is 25.1. The van der Waals surface area contributed by atoms with Gasteiger partial charge in [0.2, 0.25) is 11.8 Å². The number of carbonyl (C=O) groups is 2. The lowest BCUT2D eigenvalue weighted by Crippen LogP contribution is -2.50. The number of nitrogens with zero attached hydrogens (tertiary/aromatic N) is 2. The van der Waals surface area contributed by atoms with Gasteiger partial charge in [-0.2, -0.15) is 0 Å². The number of hydrogen-bond acceptors (Lipinski definition) is 2. The van der Waals surface area contributed by atoms with Crippen LogP contribution in [0.15, 0.2) is 25.3 Å². The molecule has 2 amide bonds. The van der Waals surface area contributed by atoms with Crippen molar-refractivity contribution in [3.63, 3.8) is 0 Å². The van der Waals surface area contributed by atoms with Crippen LogP contribution in [0.4, 0.5) is 13.2 Å². The van der Waals surface area contributed by atoms with Crippen LogP contribution in [0.25, 0.3) is 0 Å². The van der Waals surface area contributed by atoms with Crippen molar-refractivity contribution in [3.8, 4) is 0 Å². The standard InChI is InChI=1S/C11H18FNO.C10H15F2NO/c1-4-11(14)13-6-5-9(8(2)3)10(12)7-13;1-3-8-5-6-13(9(14)4-2)7-10(8,11)12/h4,8-10H,1,5-7H2,2-3H3;4,8H,2-3,5-7H2,1H3. The molecule has 2 saturated heterocycles. The second kappa shape index (κ2) is 10.7. The van der Waals surface area contributed by atoms with E-state index in [9.17, 15) is 22.8 Å². The van der Waals surface area contributed by atoms with Crippen LogP contribution in [-0.4, -0.2) is 59.9 Å². The molecule has 0 aromatic heterocycles. The molecular weight excluding hydrogens is 369 g/mol. The second-order valence-corrected chi connectivity index (χ2v) is 7.82. The maximum absolute atomic E-state index is 13.6. The van der Waals surface area contributed by atoms with Gasteiger partial charge in [0.25, 0.3) is 5.92 Å². The monoisotopic (exact) mass is 402 g/mol. The molecule has 2 aliphatic rings. The molecule has 28 heavy (non-hydrogen) atoms. The Kier molecular flexibility index (Phi) is 9.24. The highest BCUT2D eigenvalue weighted by molar-refractivity contribution is 5.87. The number of carbonyl (C=O) groups excluding carboxylic acids is 2. The zero-order chi connectivity index (χ0) is 21.5. The lowest BCUT2D eigenvalue weighted by atomic mass is 9.85. The van der Waals surface area contributed by atoms with Crippen LogP contribution < -0.4 is 0 Å². The number of hydrogen-bond donors (Lipinski definition) is 0. The van der Waals surface area contributed by atoms with E-state index in [1.165, 1.54) is 15.9 Å². The van der Waals surface area contributed by atoms with E-state index in [-0.39, 0.29) is 18.4 Å². The van der Waals surface area contributed by atoms with Gasteiger partial charge in [-0.3, -0.25) is 9.59 Å². The maximum atomic E-state index is 13.6. The van der Waals surface area contributed by atoms with Gasteiger partial charge >= 0.3 is 0 Å². The van der Waals surface area contributed by atoms with Gasteiger partial charge in [0.05, 0.1) is 13.1 Å². The Labute approximate surface area is 166 Å². The van der Waals surface area contributed by atoms with Crippen LogP contribution in [0.3, 0.4) is 0 Å². The first-order valence-electron chi connectivity index (χ1n) is 9.91. The quantitative estimate of drug-likeness (QED) is 0.665. The number of alkyl halides is 3. The van der Waals surface area contributed by atoms with Crippen molar-refractivity contribution in [2.45, 2.75) is 52.1 Å². The first kappa shape index (κ1) is 24.2. The lowest BCUT2D eigenvalue weighted by molar-refractivity contribution is -0.146. The first-order valence-corrected chi connectivity index (χ1v) is 9.91. The van der Waals surface area contributed by atoms with Gasteiger partial charge < -0.3 is 9.80 Å². The first-order chi connectivity index (χ1) is 13.1. The second-order valence-electron chi connectivity index (χ2n) is 7.82. The Morgan fingerprint density at radius 3 is 2.07 bits per heavy atom. The molecule has 3 unspecified atom stereocenters. The van der Waals surface area contributed by atoms with Crippen molar-refractivity contribution in [2.24, 2.45) is 17.8 Å². The molecule has 3 atom stereocenters. The van der Waals surface area contributed by atoms with E-state index >= 15 is 0 Å². The minimum atomic E-state index is -2.74. The van der Waals surface area contributed by atoms with Gasteiger partial charge in [-0.1, -0.05) is 33.9 Å². The molecule has 0 aromatic rings. The summed E-state index contributed by atoms with van der Waals surface area (Å²) in [6.07, 6.45) is 3.06. The Bertz CT molecular complexity index is 564. The Morgan fingerprint density at radius 2 is 1.64 bits per heavy atom. The molecule has 2 fully saturated rings. The van der Waals surface area contributed by atoms with Gasteiger partial charge in [0.15, 0.2) is 0 Å². The van der Waals surface area contributed by atoms with Crippen molar-refractivity contribution < 1.29 is 22.8 Å². The summed E-state index contributed by atoms with van der Waals surface area (Å²) in [7, 11) is 0. The summed E-state index contributed by atoms with van der Waals surface area (Å²) < 4.78 is 40.4. The van der Waals surface area contributed by atoms with Gasteiger partial charge in [0, 0.05) is 19.0 Å². The largest absolute Gasteiger partial charge is 0.336 e. The molecule has 4 nitrogen and oxygen atoms in total. The van der Waals surface area contributed by atoms with E-state index in [0.717, 1.165) is 12.5 Å². The van der Waals surface area contributed by atoms with Gasteiger partial charge in [0.1, 0.15) is 6.17 Å². The SMILES string of the molecule is C=CC(=O)N1CCC(C(C)C)C(F)C1.C=CC(=O)N1CCC(CC)C(F)(F)C1. The fourth-order valence-corrected chi connectivity index (χ4v) is 3.81. The van der Waals surface area contributed by atoms with E-state index in [2.05, 4.69) is 13.2 Å². The minimum Gasteiger partial charge on any atom is -0.336 e. The molecule has 2 rings (SSSR count). The van der Waals surface area contributed by atoms with Crippen LogP contribution in [-0.2, 0) is 9.59 Å². The molecule has 0 aromatic carbocycles. The van der Waals surface area contributed by atoms with E-state index in [4.69, 9.17) is 0 Å². The molecule has 7 heteroatoms. The van der Waals surface area contributed by atoms with E-state index in [1.807, 2.05) is 13.8 Å². The molecule has 2 aliphatic heterocycles. The molecule has 0 spiro atoms. The van der Waals surface area contributed by atoms with Crippen LogP contribution in [0.2, 0.25) is 0 Å². The Balaban J connectivity index is 0.000000280. The highest BCUT2D eigenvalue weighted by atomic mass is 19.3. The third kappa shape index (κ3) is 6.38. The third-order valence-corrected chi connectivity index (χ3v) is 5.66. The molecule has 160 valence electrons. The summed E-state index contributed by atoms with van der Waals surface area (Å²) in [6.45, 7) is 13.3. The predicted molar refractivity (Wildman–Crippen MR) is 105 cm³/mol. The van der Waals surface area contributed by atoms with Gasteiger partial charge in [-0.05, 0) is 43.3 Å². The topological polar surface area (TPSA) is 40.6 Å². The molecule has 0 aliphatic carbocycles. The highest BCUT2D eigenvalue weighted by Crippen LogP contribution is 2.34. The zero-order valence-electron chi connectivity index (χ0n) is 17.2. The Hall–Kier alpha value is -1.79. The zero-order valence-corrected chi connectivity index (χ0v) is 17.2. The molecule has 0 bridgehead atoms. The number of piperidine rings is 2. The van der Waals surface area contributed by atoms with Crippen molar-refractivity contribution in [1.29, 1.82) is 0 Å². The molecular formula is C21H33F3N2O2. The number of halogens is 3. The van der Waals surface area contributed by atoms with Gasteiger partial charge in [-0.15, -0.1) is 0 Å². The predicted octanol–water partition coefficient (Wildman–Crippen LogP) is 4.08. The highest BCUT2D eigenvalue weighted by Gasteiger charge is 2.44. The molecule has 0 radical (unpaired) electrons. The number of rotatable bonds is 4. The van der Waals surface area contributed by atoms with E-state index < -0.39 is 30.5 Å². The van der Waals surface area contributed by atoms with Crippen LogP contribution in [0, 0.1) is 17.8 Å². The smallest absolute Gasteiger partial charge is 0.268 e. The van der Waals surface area contributed by atoms with Gasteiger partial charge in [-0.25, -0.2) is 13.2 Å². The van der Waals surface area contributed by atoms with Crippen LogP contribution in [0.5, 0.6) is 0 Å². The fourth-order valence-electron chi connectivity index (χ4n) is 3.81. The summed E-state index contributed by atoms with van der Waals surface area (Å²) in [5, 5.41) is 0. The average molecular weight is 403 g/mol. The fraction of sp³-hybridized carbons (Fsp3) is 0.714. The van der Waals surface area contributed by atoms with Crippen molar-refractivity contribution in [3.05, 3.63) is 25.3 Å². The summed E-state index contributed by atoms with van der Waals surface area (Å²) in [5.74, 6) is -3.44. The number of amides is 2. The lowest BCUT2D eigenvalue weighted by Gasteiger charge is -2.37. The van der Waals surface area contributed by atoms with E-state index in [0.29, 0.717) is 31.8 Å². The maximum Gasteiger partial charge on any atom is 0.268 e. The van der Waals surface area contributed by atoms with Crippen molar-refractivity contribution in [2.75, 3.05) is 26.2 Å². The minimum absolute atomic E-state index is 0.101. The normalized spacial score (nSPS) is 26.9. The molecule has 0 saturated carbocycles. The summed E-state index contributed by atoms with van der Waals surface area (Å²) in [6, 6.07) is 0. The average Bonchev–Trinajstić information content (AvgIpc) is 2.65. The molecule has 0 N–H and O–H groups in total. The van der Waals surface area contributed by atoms with Crippen molar-refractivity contribution in [1.82, 2.24) is 9.80 Å². The molecule has 2 heterocycles. The third-order valence-electron chi connectivity index (χ3n) is 5.66.